The summed E-state index contributed by atoms with van der Waals surface area (Å²) >= 11 is 0. The molecule has 0 bridgehead atoms. The average Bonchev–Trinajstić information content (AvgIpc) is 2.86. The minimum atomic E-state index is -2.06. The number of aliphatic carboxylic acids is 1. The lowest BCUT2D eigenvalue weighted by Crippen LogP contribution is -2.59. The predicted molar refractivity (Wildman–Crippen MR) is 129 cm³/mol. The van der Waals surface area contributed by atoms with Gasteiger partial charge < -0.3 is 19.5 Å². The SMILES string of the molecule is Cc1ccccc1OC(Oc1ccccc1C)(C(=O)O)C1CCN(C(=O)c2ccc(F)cc2F)CC1. The van der Waals surface area contributed by atoms with Crippen LogP contribution < -0.4 is 9.47 Å². The molecule has 0 aliphatic carbocycles. The van der Waals surface area contributed by atoms with Crippen molar-refractivity contribution in [1.82, 2.24) is 4.90 Å². The third-order valence-corrected chi connectivity index (χ3v) is 6.49. The van der Waals surface area contributed by atoms with E-state index >= 15 is 0 Å². The van der Waals surface area contributed by atoms with Gasteiger partial charge in [0.2, 0.25) is 0 Å². The van der Waals surface area contributed by atoms with Crippen LogP contribution in [-0.4, -0.2) is 40.8 Å². The summed E-state index contributed by atoms with van der Waals surface area (Å²) in [6.45, 7) is 3.94. The Labute approximate surface area is 208 Å². The van der Waals surface area contributed by atoms with Gasteiger partial charge in [0.05, 0.1) is 11.5 Å². The number of hydrogen-bond donors (Lipinski definition) is 1. The van der Waals surface area contributed by atoms with Gasteiger partial charge in [-0.2, -0.15) is 0 Å². The summed E-state index contributed by atoms with van der Waals surface area (Å²) in [5.41, 5.74) is 1.26. The molecule has 0 atom stereocenters. The van der Waals surface area contributed by atoms with Crippen LogP contribution in [0.15, 0.2) is 66.7 Å². The van der Waals surface area contributed by atoms with Crippen molar-refractivity contribution in [1.29, 1.82) is 0 Å². The van der Waals surface area contributed by atoms with Gasteiger partial charge in [-0.15, -0.1) is 0 Å². The molecule has 1 fully saturated rings. The van der Waals surface area contributed by atoms with Gasteiger partial charge in [-0.3, -0.25) is 4.79 Å². The molecule has 1 N–H and O–H groups in total. The first-order valence-corrected chi connectivity index (χ1v) is 11.7. The quantitative estimate of drug-likeness (QED) is 0.446. The zero-order valence-corrected chi connectivity index (χ0v) is 20.0. The highest BCUT2D eigenvalue weighted by atomic mass is 19.1. The van der Waals surface area contributed by atoms with Gasteiger partial charge in [-0.1, -0.05) is 36.4 Å². The molecule has 188 valence electrons. The van der Waals surface area contributed by atoms with Crippen LogP contribution >= 0.6 is 0 Å². The topological polar surface area (TPSA) is 76.1 Å². The van der Waals surface area contributed by atoms with Crippen LogP contribution in [-0.2, 0) is 4.79 Å². The minimum absolute atomic E-state index is 0.156. The van der Waals surface area contributed by atoms with E-state index in [4.69, 9.17) is 9.47 Å². The van der Waals surface area contributed by atoms with E-state index in [-0.39, 0.29) is 31.5 Å². The van der Waals surface area contributed by atoms with Gasteiger partial charge in [-0.05, 0) is 62.1 Å². The van der Waals surface area contributed by atoms with E-state index < -0.39 is 35.2 Å². The molecule has 1 heterocycles. The number of carboxylic acid groups (broad SMARTS) is 1. The molecule has 0 unspecified atom stereocenters. The molecule has 0 aromatic heterocycles. The maximum atomic E-state index is 14.2. The van der Waals surface area contributed by atoms with Crippen LogP contribution in [0.5, 0.6) is 11.5 Å². The number of rotatable bonds is 7. The molecule has 3 aromatic rings. The van der Waals surface area contributed by atoms with Crippen LogP contribution in [0.25, 0.3) is 0 Å². The number of aryl methyl sites for hydroxylation is 2. The molecule has 6 nitrogen and oxygen atoms in total. The minimum Gasteiger partial charge on any atom is -0.475 e. The monoisotopic (exact) mass is 495 g/mol. The van der Waals surface area contributed by atoms with Gasteiger partial charge >= 0.3 is 11.8 Å². The molecular formula is C28H27F2NO5. The van der Waals surface area contributed by atoms with Crippen molar-refractivity contribution in [2.75, 3.05) is 13.1 Å². The van der Waals surface area contributed by atoms with Crippen molar-refractivity contribution in [3.8, 4) is 11.5 Å². The summed E-state index contributed by atoms with van der Waals surface area (Å²) in [4.78, 5) is 27.2. The number of hydrogen-bond acceptors (Lipinski definition) is 4. The summed E-state index contributed by atoms with van der Waals surface area (Å²) < 4.78 is 39.8. The van der Waals surface area contributed by atoms with Crippen molar-refractivity contribution in [3.05, 3.63) is 95.1 Å². The Morgan fingerprint density at radius 2 is 1.42 bits per heavy atom. The smallest absolute Gasteiger partial charge is 0.390 e. The number of carbonyl (C=O) groups is 2. The van der Waals surface area contributed by atoms with Gasteiger partial charge in [0, 0.05) is 19.2 Å². The molecule has 8 heteroatoms. The number of para-hydroxylation sites is 2. The Morgan fingerprint density at radius 1 is 0.889 bits per heavy atom. The Morgan fingerprint density at radius 3 is 1.89 bits per heavy atom. The van der Waals surface area contributed by atoms with Crippen molar-refractivity contribution >= 4 is 11.9 Å². The summed E-state index contributed by atoms with van der Waals surface area (Å²) in [5.74, 6) is -5.51. The molecule has 4 rings (SSSR count). The first-order chi connectivity index (χ1) is 17.2. The fourth-order valence-electron chi connectivity index (χ4n) is 4.41. The Kier molecular flexibility index (Phi) is 7.24. The first-order valence-electron chi connectivity index (χ1n) is 11.7. The highest BCUT2D eigenvalue weighted by molar-refractivity contribution is 5.94. The maximum absolute atomic E-state index is 14.2. The van der Waals surface area contributed by atoms with Crippen LogP contribution in [0, 0.1) is 31.4 Å². The summed E-state index contributed by atoms with van der Waals surface area (Å²) in [6, 6.07) is 17.0. The van der Waals surface area contributed by atoms with Crippen molar-refractivity contribution in [2.24, 2.45) is 5.92 Å². The van der Waals surface area contributed by atoms with E-state index in [1.165, 1.54) is 4.90 Å². The summed E-state index contributed by atoms with van der Waals surface area (Å²) in [7, 11) is 0. The number of halogens is 2. The van der Waals surface area contributed by atoms with E-state index in [9.17, 15) is 23.5 Å². The van der Waals surface area contributed by atoms with Gasteiger partial charge in [0.25, 0.3) is 5.91 Å². The number of likely N-dealkylation sites (tertiary alicyclic amines) is 1. The molecule has 1 saturated heterocycles. The Hall–Kier alpha value is -3.94. The summed E-state index contributed by atoms with van der Waals surface area (Å²) in [6.07, 6.45) is 0.469. The number of piperidine rings is 1. The van der Waals surface area contributed by atoms with E-state index in [0.717, 1.165) is 23.3 Å². The molecule has 0 saturated carbocycles. The molecule has 36 heavy (non-hydrogen) atoms. The van der Waals surface area contributed by atoms with Crippen LogP contribution in [0.2, 0.25) is 0 Å². The van der Waals surface area contributed by atoms with E-state index in [1.807, 2.05) is 38.1 Å². The van der Waals surface area contributed by atoms with Gasteiger partial charge in [0.15, 0.2) is 0 Å². The molecule has 0 radical (unpaired) electrons. The van der Waals surface area contributed by atoms with Crippen LogP contribution in [0.4, 0.5) is 8.78 Å². The first kappa shape index (κ1) is 25.2. The third-order valence-electron chi connectivity index (χ3n) is 6.49. The lowest BCUT2D eigenvalue weighted by molar-refractivity contribution is -0.204. The molecular weight excluding hydrogens is 468 g/mol. The zero-order chi connectivity index (χ0) is 25.9. The second kappa shape index (κ2) is 10.4. The van der Waals surface area contributed by atoms with Gasteiger partial charge in [-0.25, -0.2) is 13.6 Å². The maximum Gasteiger partial charge on any atom is 0.390 e. The van der Waals surface area contributed by atoms with E-state index in [2.05, 4.69) is 0 Å². The fourth-order valence-corrected chi connectivity index (χ4v) is 4.41. The van der Waals surface area contributed by atoms with E-state index in [1.54, 1.807) is 24.3 Å². The second-order valence-electron chi connectivity index (χ2n) is 8.90. The molecule has 1 aliphatic rings. The Bertz CT molecular complexity index is 1220. The predicted octanol–water partition coefficient (Wildman–Crippen LogP) is 5.37. The zero-order valence-electron chi connectivity index (χ0n) is 20.0. The third kappa shape index (κ3) is 5.03. The molecule has 0 spiro atoms. The van der Waals surface area contributed by atoms with Crippen molar-refractivity contribution < 1.29 is 33.0 Å². The number of carboxylic acids is 1. The second-order valence-corrected chi connectivity index (χ2v) is 8.90. The average molecular weight is 496 g/mol. The lowest BCUT2D eigenvalue weighted by Gasteiger charge is -2.41. The number of amides is 1. The number of carbonyl (C=O) groups excluding carboxylic acids is 1. The molecule has 1 amide bonds. The van der Waals surface area contributed by atoms with Crippen molar-refractivity contribution in [3.63, 3.8) is 0 Å². The van der Waals surface area contributed by atoms with Gasteiger partial charge in [0.1, 0.15) is 23.1 Å². The normalized spacial score (nSPS) is 14.4. The number of nitrogens with zero attached hydrogens (tertiary/aromatic N) is 1. The highest BCUT2D eigenvalue weighted by Gasteiger charge is 2.53. The number of ether oxygens (including phenoxy) is 2. The number of benzene rings is 3. The highest BCUT2D eigenvalue weighted by Crippen LogP contribution is 2.37. The molecule has 3 aromatic carbocycles. The lowest BCUT2D eigenvalue weighted by atomic mass is 9.87. The largest absolute Gasteiger partial charge is 0.475 e. The fraction of sp³-hybridized carbons (Fsp3) is 0.286. The molecule has 1 aliphatic heterocycles. The summed E-state index contributed by atoms with van der Waals surface area (Å²) in [5, 5.41) is 10.5. The standard InChI is InChI=1S/C28H27F2NO5/c1-18-7-3-5-9-24(18)35-28(27(33)34,36-25-10-6-4-8-19(25)2)20-13-15-31(16-14-20)26(32)22-12-11-21(29)17-23(22)30/h3-12,17,20H,13-16H2,1-2H3,(H,33,34). The van der Waals surface area contributed by atoms with E-state index in [0.29, 0.717) is 17.6 Å². The van der Waals surface area contributed by atoms with Crippen LogP contribution in [0.1, 0.15) is 34.3 Å². The Balaban J connectivity index is 1.63. The van der Waals surface area contributed by atoms with Crippen molar-refractivity contribution in [2.45, 2.75) is 32.5 Å². The van der Waals surface area contributed by atoms with Crippen LogP contribution in [0.3, 0.4) is 0 Å².